The second kappa shape index (κ2) is 4.64. The topological polar surface area (TPSA) is 9.23 Å². The van der Waals surface area contributed by atoms with Gasteiger partial charge >= 0.3 is 0 Å². The molecule has 2 fully saturated rings. The minimum absolute atomic E-state index is 0.425. The number of hydrogen-bond acceptors (Lipinski definition) is 1. The Labute approximate surface area is 129 Å². The second-order valence-corrected chi connectivity index (χ2v) is 8.59. The molecule has 1 nitrogen and oxygen atoms in total. The first kappa shape index (κ1) is 13.9. The van der Waals surface area contributed by atoms with Crippen LogP contribution in [0.3, 0.4) is 0 Å². The molecule has 0 aromatic heterocycles. The van der Waals surface area contributed by atoms with Gasteiger partial charge in [-0.1, -0.05) is 26.3 Å². The maximum absolute atomic E-state index is 5.53. The molecule has 1 heteroatoms. The lowest BCUT2D eigenvalue weighted by molar-refractivity contribution is -0.0201. The summed E-state index contributed by atoms with van der Waals surface area (Å²) in [6.45, 7) is 5.14. The van der Waals surface area contributed by atoms with Crippen molar-refractivity contribution < 1.29 is 4.74 Å². The van der Waals surface area contributed by atoms with Gasteiger partial charge in [0.15, 0.2) is 0 Å². The summed E-state index contributed by atoms with van der Waals surface area (Å²) in [5, 5.41) is 0. The zero-order valence-electron chi connectivity index (χ0n) is 14.0. The first-order chi connectivity index (χ1) is 10.1. The van der Waals surface area contributed by atoms with E-state index in [0.717, 1.165) is 24.2 Å². The van der Waals surface area contributed by atoms with E-state index in [9.17, 15) is 0 Å². The number of hydrogen-bond donors (Lipinski definition) is 0. The summed E-state index contributed by atoms with van der Waals surface area (Å²) in [7, 11) is 1.82. The van der Waals surface area contributed by atoms with Gasteiger partial charge in [0, 0.05) is 6.42 Å². The normalized spacial score (nSPS) is 48.6. The highest BCUT2D eigenvalue weighted by molar-refractivity contribution is 5.35. The summed E-state index contributed by atoms with van der Waals surface area (Å²) in [6.07, 6.45) is 16.1. The lowest BCUT2D eigenvalue weighted by Crippen LogP contribution is -2.47. The van der Waals surface area contributed by atoms with Crippen LogP contribution >= 0.6 is 0 Å². The lowest BCUT2D eigenvalue weighted by atomic mass is 9.49. The fourth-order valence-electron chi connectivity index (χ4n) is 6.45. The predicted octanol–water partition coefficient (Wildman–Crippen LogP) is 5.48. The van der Waals surface area contributed by atoms with Crippen molar-refractivity contribution in [1.29, 1.82) is 0 Å². The highest BCUT2D eigenvalue weighted by Crippen LogP contribution is 2.64. The van der Waals surface area contributed by atoms with Crippen molar-refractivity contribution in [2.24, 2.45) is 28.6 Å². The Hall–Kier alpha value is -0.720. The number of ether oxygens (including phenoxy) is 1. The van der Waals surface area contributed by atoms with Crippen LogP contribution in [-0.2, 0) is 4.74 Å². The molecule has 0 aromatic rings. The van der Waals surface area contributed by atoms with Crippen molar-refractivity contribution >= 4 is 0 Å². The molecule has 0 heterocycles. The Morgan fingerprint density at radius 3 is 2.76 bits per heavy atom. The molecule has 2 saturated carbocycles. The third-order valence-corrected chi connectivity index (χ3v) is 7.78. The summed E-state index contributed by atoms with van der Waals surface area (Å²) < 4.78 is 5.53. The van der Waals surface area contributed by atoms with Gasteiger partial charge in [0.05, 0.1) is 12.9 Å². The molecule has 116 valence electrons. The van der Waals surface area contributed by atoms with Crippen LogP contribution in [-0.4, -0.2) is 7.11 Å². The highest BCUT2D eigenvalue weighted by Gasteiger charge is 2.55. The minimum Gasteiger partial charge on any atom is -0.501 e. The molecule has 0 N–H and O–H groups in total. The molecule has 4 aliphatic rings. The molecule has 0 bridgehead atoms. The SMILES string of the molecule is COC1=CC2=CC[C@@H]3[C@H]4CCC[C@]4(C)CC[C@H]3[C@@]2(C)CC1. The van der Waals surface area contributed by atoms with E-state index in [1.807, 2.05) is 7.11 Å². The summed E-state index contributed by atoms with van der Waals surface area (Å²) >= 11 is 0. The van der Waals surface area contributed by atoms with E-state index in [1.165, 1.54) is 50.7 Å². The molecule has 0 radical (unpaired) electrons. The Balaban J connectivity index is 1.70. The van der Waals surface area contributed by atoms with Crippen LogP contribution in [0.1, 0.15) is 65.2 Å². The monoisotopic (exact) mass is 286 g/mol. The van der Waals surface area contributed by atoms with Crippen LogP contribution in [0, 0.1) is 28.6 Å². The highest BCUT2D eigenvalue weighted by atomic mass is 16.5. The third-order valence-electron chi connectivity index (χ3n) is 7.78. The van der Waals surface area contributed by atoms with Crippen LogP contribution in [0.25, 0.3) is 0 Å². The Bertz CT molecular complexity index is 502. The van der Waals surface area contributed by atoms with E-state index in [1.54, 1.807) is 5.57 Å². The standard InChI is InChI=1S/C20H30O/c1-19-10-4-5-17(19)16-7-6-14-13-15(21-3)8-12-20(14,2)18(16)9-11-19/h6,13,16-18H,4-5,7-12H2,1-3H3/t16-,17-,18-,19-,20+/m1/s1. The van der Waals surface area contributed by atoms with Gasteiger partial charge in [0.2, 0.25) is 0 Å². The Morgan fingerprint density at radius 2 is 1.95 bits per heavy atom. The van der Waals surface area contributed by atoms with Gasteiger partial charge in [0.1, 0.15) is 0 Å². The van der Waals surface area contributed by atoms with E-state index in [-0.39, 0.29) is 0 Å². The van der Waals surface area contributed by atoms with Gasteiger partial charge in [-0.3, -0.25) is 0 Å². The fourth-order valence-corrected chi connectivity index (χ4v) is 6.45. The molecular formula is C20H30O. The first-order valence-electron chi connectivity index (χ1n) is 9.02. The molecular weight excluding hydrogens is 256 g/mol. The maximum atomic E-state index is 5.53. The molecule has 0 spiro atoms. The van der Waals surface area contributed by atoms with Crippen LogP contribution in [0.15, 0.2) is 23.5 Å². The number of methoxy groups -OCH3 is 1. The van der Waals surface area contributed by atoms with Gasteiger partial charge in [0.25, 0.3) is 0 Å². The molecule has 0 amide bonds. The summed E-state index contributed by atoms with van der Waals surface area (Å²) in [6, 6.07) is 0. The van der Waals surface area contributed by atoms with E-state index < -0.39 is 0 Å². The predicted molar refractivity (Wildman–Crippen MR) is 86.8 cm³/mol. The zero-order chi connectivity index (χ0) is 14.7. The number of fused-ring (bicyclic) bond motifs is 5. The Kier molecular flexibility index (Phi) is 3.07. The molecule has 0 aliphatic heterocycles. The van der Waals surface area contributed by atoms with Crippen LogP contribution < -0.4 is 0 Å². The first-order valence-corrected chi connectivity index (χ1v) is 9.02. The van der Waals surface area contributed by atoms with Gasteiger partial charge in [-0.2, -0.15) is 0 Å². The van der Waals surface area contributed by atoms with Gasteiger partial charge in [-0.15, -0.1) is 0 Å². The van der Waals surface area contributed by atoms with Crippen LogP contribution in [0.4, 0.5) is 0 Å². The smallest absolute Gasteiger partial charge is 0.0958 e. The van der Waals surface area contributed by atoms with Crippen molar-refractivity contribution in [2.45, 2.75) is 65.2 Å². The van der Waals surface area contributed by atoms with E-state index in [4.69, 9.17) is 4.74 Å². The molecule has 5 atom stereocenters. The van der Waals surface area contributed by atoms with Gasteiger partial charge in [-0.05, 0) is 78.8 Å². The lowest BCUT2D eigenvalue weighted by Gasteiger charge is -2.56. The van der Waals surface area contributed by atoms with E-state index in [0.29, 0.717) is 10.8 Å². The Morgan fingerprint density at radius 1 is 1.10 bits per heavy atom. The molecule has 0 saturated heterocycles. The van der Waals surface area contributed by atoms with Crippen molar-refractivity contribution in [3.63, 3.8) is 0 Å². The largest absolute Gasteiger partial charge is 0.501 e. The minimum atomic E-state index is 0.425. The van der Waals surface area contributed by atoms with E-state index in [2.05, 4.69) is 26.0 Å². The van der Waals surface area contributed by atoms with Gasteiger partial charge in [-0.25, -0.2) is 0 Å². The third kappa shape index (κ3) is 1.88. The van der Waals surface area contributed by atoms with Crippen molar-refractivity contribution in [3.05, 3.63) is 23.5 Å². The summed E-state index contributed by atoms with van der Waals surface area (Å²) in [4.78, 5) is 0. The summed E-state index contributed by atoms with van der Waals surface area (Å²) in [5.74, 6) is 4.07. The molecule has 0 aromatic carbocycles. The molecule has 21 heavy (non-hydrogen) atoms. The number of allylic oxidation sites excluding steroid dienone is 4. The van der Waals surface area contributed by atoms with Gasteiger partial charge < -0.3 is 4.74 Å². The van der Waals surface area contributed by atoms with Crippen LogP contribution in [0.2, 0.25) is 0 Å². The van der Waals surface area contributed by atoms with Crippen molar-refractivity contribution in [1.82, 2.24) is 0 Å². The second-order valence-electron chi connectivity index (χ2n) is 8.59. The van der Waals surface area contributed by atoms with E-state index >= 15 is 0 Å². The molecule has 0 unspecified atom stereocenters. The van der Waals surface area contributed by atoms with Crippen molar-refractivity contribution in [3.8, 4) is 0 Å². The zero-order valence-corrected chi connectivity index (χ0v) is 14.0. The maximum Gasteiger partial charge on any atom is 0.0958 e. The average Bonchev–Trinajstić information content (AvgIpc) is 2.88. The molecule has 4 rings (SSSR count). The fraction of sp³-hybridized carbons (Fsp3) is 0.800. The molecule has 4 aliphatic carbocycles. The quantitative estimate of drug-likeness (QED) is 0.620. The summed E-state index contributed by atoms with van der Waals surface area (Å²) in [5.41, 5.74) is 2.69. The van der Waals surface area contributed by atoms with Crippen LogP contribution in [0.5, 0.6) is 0 Å². The number of rotatable bonds is 1. The van der Waals surface area contributed by atoms with Crippen molar-refractivity contribution in [2.75, 3.05) is 7.11 Å². The average molecular weight is 286 g/mol.